The molecule has 0 saturated carbocycles. The molecule has 2 nitrogen and oxygen atoms in total. The lowest BCUT2D eigenvalue weighted by Gasteiger charge is -2.19. The fraction of sp³-hybridized carbons (Fsp3) is 0.333. The summed E-state index contributed by atoms with van der Waals surface area (Å²) in [7, 11) is 0. The Morgan fingerprint density at radius 1 is 1.12 bits per heavy atom. The van der Waals surface area contributed by atoms with Gasteiger partial charge in [-0.3, -0.25) is 0 Å². The van der Waals surface area contributed by atoms with Gasteiger partial charge in [-0.05, 0) is 32.9 Å². The maximum atomic E-state index is 6.09. The molecule has 1 N–H and O–H groups in total. The van der Waals surface area contributed by atoms with Gasteiger partial charge in [0.1, 0.15) is 5.60 Å². The van der Waals surface area contributed by atoms with Crippen LogP contribution in [0.5, 0.6) is 5.88 Å². The van der Waals surface area contributed by atoms with Gasteiger partial charge in [-0.15, -0.1) is 0 Å². The quantitative estimate of drug-likeness (QED) is 0.791. The first-order valence-corrected chi connectivity index (χ1v) is 5.77. The van der Waals surface area contributed by atoms with Crippen molar-refractivity contribution in [3.05, 3.63) is 28.2 Å². The first kappa shape index (κ1) is 11.6. The second kappa shape index (κ2) is 3.86. The zero-order valence-corrected chi connectivity index (χ0v) is 10.9. The normalized spacial score (nSPS) is 12.1. The van der Waals surface area contributed by atoms with Crippen molar-refractivity contribution in [2.45, 2.75) is 26.4 Å². The van der Waals surface area contributed by atoms with E-state index < -0.39 is 0 Å². The van der Waals surface area contributed by atoms with Gasteiger partial charge >= 0.3 is 0 Å². The molecule has 0 amide bonds. The molecule has 0 aliphatic rings. The van der Waals surface area contributed by atoms with Crippen molar-refractivity contribution in [1.82, 2.24) is 4.98 Å². The molecule has 16 heavy (non-hydrogen) atoms. The van der Waals surface area contributed by atoms with Gasteiger partial charge in [0.2, 0.25) is 0 Å². The molecular weight excluding hydrogens is 245 g/mol. The van der Waals surface area contributed by atoms with Crippen LogP contribution in [0.3, 0.4) is 0 Å². The second-order valence-corrected chi connectivity index (χ2v) is 5.54. The van der Waals surface area contributed by atoms with E-state index in [0.717, 1.165) is 10.9 Å². The van der Waals surface area contributed by atoms with E-state index >= 15 is 0 Å². The van der Waals surface area contributed by atoms with Crippen molar-refractivity contribution in [3.8, 4) is 5.88 Å². The monoisotopic (exact) mass is 257 g/mol. The van der Waals surface area contributed by atoms with Crippen molar-refractivity contribution in [2.75, 3.05) is 0 Å². The minimum absolute atomic E-state index is 0.239. The van der Waals surface area contributed by atoms with E-state index in [0.29, 0.717) is 15.9 Å². The smallest absolute Gasteiger partial charge is 0.192 e. The molecule has 0 aliphatic heterocycles. The van der Waals surface area contributed by atoms with Gasteiger partial charge < -0.3 is 9.72 Å². The van der Waals surface area contributed by atoms with Crippen LogP contribution in [0.2, 0.25) is 10.0 Å². The van der Waals surface area contributed by atoms with Gasteiger partial charge in [-0.1, -0.05) is 23.2 Å². The van der Waals surface area contributed by atoms with E-state index in [9.17, 15) is 0 Å². The maximum Gasteiger partial charge on any atom is 0.192 e. The molecule has 0 unspecified atom stereocenters. The number of fused-ring (bicyclic) bond motifs is 1. The van der Waals surface area contributed by atoms with Gasteiger partial charge in [0, 0.05) is 16.5 Å². The fourth-order valence-corrected chi connectivity index (χ4v) is 2.07. The molecule has 0 atom stereocenters. The predicted octanol–water partition coefficient (Wildman–Crippen LogP) is 4.65. The standard InChI is InChI=1S/C12H13Cl2NO/c1-12(2,3)16-11-6-8-9(14)4-7(13)5-10(8)15-11/h4-6,15H,1-3H3. The van der Waals surface area contributed by atoms with Crippen LogP contribution in [-0.2, 0) is 0 Å². The third kappa shape index (κ3) is 2.45. The van der Waals surface area contributed by atoms with Crippen molar-refractivity contribution >= 4 is 34.1 Å². The highest BCUT2D eigenvalue weighted by Gasteiger charge is 2.14. The first-order chi connectivity index (χ1) is 7.35. The van der Waals surface area contributed by atoms with Gasteiger partial charge in [0.15, 0.2) is 5.88 Å². The molecule has 0 spiro atoms. The molecule has 2 rings (SSSR count). The lowest BCUT2D eigenvalue weighted by Crippen LogP contribution is -2.23. The molecular formula is C12H13Cl2NO. The molecule has 0 fully saturated rings. The molecule has 2 aromatic rings. The summed E-state index contributed by atoms with van der Waals surface area (Å²) >= 11 is 12.0. The van der Waals surface area contributed by atoms with Crippen molar-refractivity contribution in [3.63, 3.8) is 0 Å². The number of halogens is 2. The summed E-state index contributed by atoms with van der Waals surface area (Å²) in [4.78, 5) is 3.14. The van der Waals surface area contributed by atoms with Crippen LogP contribution in [0.15, 0.2) is 18.2 Å². The van der Waals surface area contributed by atoms with Crippen LogP contribution in [0.4, 0.5) is 0 Å². The Morgan fingerprint density at radius 3 is 2.44 bits per heavy atom. The number of hydrogen-bond donors (Lipinski definition) is 1. The fourth-order valence-electron chi connectivity index (χ4n) is 1.52. The Balaban J connectivity index is 2.48. The minimum atomic E-state index is -0.239. The topological polar surface area (TPSA) is 25.0 Å². The molecule has 1 aromatic carbocycles. The van der Waals surface area contributed by atoms with Gasteiger partial charge in [-0.25, -0.2) is 0 Å². The Hall–Kier alpha value is -0.860. The average Bonchev–Trinajstić information content (AvgIpc) is 2.43. The third-order valence-electron chi connectivity index (χ3n) is 2.04. The minimum Gasteiger partial charge on any atom is -0.473 e. The van der Waals surface area contributed by atoms with Crippen molar-refractivity contribution in [1.29, 1.82) is 0 Å². The van der Waals surface area contributed by atoms with Crippen LogP contribution in [0.25, 0.3) is 10.9 Å². The van der Waals surface area contributed by atoms with Gasteiger partial charge in [-0.2, -0.15) is 0 Å². The number of ether oxygens (including phenoxy) is 1. The van der Waals surface area contributed by atoms with Crippen molar-refractivity contribution < 1.29 is 4.74 Å². The average molecular weight is 258 g/mol. The molecule has 86 valence electrons. The number of benzene rings is 1. The van der Waals surface area contributed by atoms with E-state index in [1.54, 1.807) is 6.07 Å². The Labute approximate surface area is 105 Å². The molecule has 0 saturated heterocycles. The predicted molar refractivity (Wildman–Crippen MR) is 68.7 cm³/mol. The summed E-state index contributed by atoms with van der Waals surface area (Å²) in [6, 6.07) is 5.44. The van der Waals surface area contributed by atoms with Crippen LogP contribution in [0.1, 0.15) is 20.8 Å². The molecule has 0 bridgehead atoms. The number of hydrogen-bond acceptors (Lipinski definition) is 1. The summed E-state index contributed by atoms with van der Waals surface area (Å²) in [5.41, 5.74) is 0.647. The summed E-state index contributed by atoms with van der Waals surface area (Å²) in [6.07, 6.45) is 0. The summed E-state index contributed by atoms with van der Waals surface area (Å²) in [6.45, 7) is 5.98. The summed E-state index contributed by atoms with van der Waals surface area (Å²) in [5, 5.41) is 2.16. The molecule has 1 heterocycles. The summed E-state index contributed by atoms with van der Waals surface area (Å²) in [5.74, 6) is 0.701. The van der Waals surface area contributed by atoms with Gasteiger partial charge in [0.05, 0.1) is 10.5 Å². The van der Waals surface area contributed by atoms with E-state index in [1.165, 1.54) is 0 Å². The Kier molecular flexibility index (Phi) is 2.81. The number of aromatic nitrogens is 1. The number of rotatable bonds is 1. The zero-order valence-electron chi connectivity index (χ0n) is 9.40. The SMILES string of the molecule is CC(C)(C)Oc1cc2c(Cl)cc(Cl)cc2[nH]1. The lowest BCUT2D eigenvalue weighted by molar-refractivity contribution is 0.125. The highest BCUT2D eigenvalue weighted by Crippen LogP contribution is 2.31. The van der Waals surface area contributed by atoms with Crippen LogP contribution in [-0.4, -0.2) is 10.6 Å². The maximum absolute atomic E-state index is 6.09. The number of H-pyrrole nitrogens is 1. The molecule has 0 aliphatic carbocycles. The van der Waals surface area contributed by atoms with E-state index in [-0.39, 0.29) is 5.60 Å². The van der Waals surface area contributed by atoms with Crippen molar-refractivity contribution in [2.24, 2.45) is 0 Å². The Morgan fingerprint density at radius 2 is 1.81 bits per heavy atom. The van der Waals surface area contributed by atoms with E-state index in [1.807, 2.05) is 32.9 Å². The molecule has 0 radical (unpaired) electrons. The summed E-state index contributed by atoms with van der Waals surface area (Å²) < 4.78 is 5.72. The largest absolute Gasteiger partial charge is 0.473 e. The molecule has 4 heteroatoms. The highest BCUT2D eigenvalue weighted by atomic mass is 35.5. The van der Waals surface area contributed by atoms with Crippen LogP contribution in [0, 0.1) is 0 Å². The first-order valence-electron chi connectivity index (χ1n) is 5.02. The highest BCUT2D eigenvalue weighted by molar-refractivity contribution is 6.38. The lowest BCUT2D eigenvalue weighted by atomic mass is 10.2. The molecule has 1 aromatic heterocycles. The van der Waals surface area contributed by atoms with E-state index in [2.05, 4.69) is 4.98 Å². The number of aromatic amines is 1. The van der Waals surface area contributed by atoms with Gasteiger partial charge in [0.25, 0.3) is 0 Å². The number of nitrogens with one attached hydrogen (secondary N) is 1. The second-order valence-electron chi connectivity index (χ2n) is 4.70. The van der Waals surface area contributed by atoms with Crippen LogP contribution >= 0.6 is 23.2 Å². The van der Waals surface area contributed by atoms with Crippen LogP contribution < -0.4 is 4.74 Å². The third-order valence-corrected chi connectivity index (χ3v) is 2.57. The zero-order chi connectivity index (χ0) is 11.9. The van der Waals surface area contributed by atoms with E-state index in [4.69, 9.17) is 27.9 Å². The Bertz CT molecular complexity index is 526.